The average molecular weight is 357 g/mol. The first-order valence-electron chi connectivity index (χ1n) is 6.38. The van der Waals surface area contributed by atoms with Gasteiger partial charge in [0.25, 0.3) is 0 Å². The largest absolute Gasteiger partial charge is 0.479 e. The molecule has 2 rings (SSSR count). The predicted molar refractivity (Wildman–Crippen MR) is 84.2 cm³/mol. The minimum Gasteiger partial charge on any atom is -0.479 e. The normalized spacial score (nSPS) is 11.0. The molecule has 0 heterocycles. The summed E-state index contributed by atoms with van der Waals surface area (Å²) in [7, 11) is -3.29. The summed E-state index contributed by atoms with van der Waals surface area (Å²) in [4.78, 5) is 10.8. The number of hydrogen-bond donors (Lipinski definition) is 1. The van der Waals surface area contributed by atoms with Gasteiger partial charge in [-0.25, -0.2) is 13.2 Å². The number of ether oxygens (including phenoxy) is 2. The van der Waals surface area contributed by atoms with Crippen molar-refractivity contribution in [3.63, 3.8) is 0 Å². The van der Waals surface area contributed by atoms with Crippen LogP contribution in [0.4, 0.5) is 0 Å². The van der Waals surface area contributed by atoms with Crippen molar-refractivity contribution in [1.82, 2.24) is 0 Å². The Morgan fingerprint density at radius 2 is 1.78 bits per heavy atom. The molecule has 0 bridgehead atoms. The van der Waals surface area contributed by atoms with E-state index >= 15 is 0 Å². The van der Waals surface area contributed by atoms with Crippen LogP contribution in [0.5, 0.6) is 17.2 Å². The molecule has 0 aromatic heterocycles. The molecule has 0 unspecified atom stereocenters. The molecule has 0 aliphatic heterocycles. The first kappa shape index (κ1) is 17.1. The van der Waals surface area contributed by atoms with Gasteiger partial charge in [0.1, 0.15) is 5.75 Å². The van der Waals surface area contributed by atoms with Gasteiger partial charge >= 0.3 is 5.97 Å². The third kappa shape index (κ3) is 4.87. The molecule has 0 saturated carbocycles. The van der Waals surface area contributed by atoms with E-state index in [2.05, 4.69) is 0 Å². The van der Waals surface area contributed by atoms with Crippen LogP contribution in [0.1, 0.15) is 0 Å². The lowest BCUT2D eigenvalue weighted by Crippen LogP contribution is -2.09. The number of hydrogen-bond acceptors (Lipinski definition) is 5. The number of rotatable bonds is 6. The van der Waals surface area contributed by atoms with Gasteiger partial charge in [-0.05, 0) is 36.4 Å². The Morgan fingerprint density at radius 1 is 1.13 bits per heavy atom. The van der Waals surface area contributed by atoms with Crippen LogP contribution in [-0.4, -0.2) is 32.4 Å². The number of carboxylic acids is 1. The van der Waals surface area contributed by atoms with Crippen molar-refractivity contribution >= 4 is 27.4 Å². The maximum atomic E-state index is 11.4. The van der Waals surface area contributed by atoms with Crippen molar-refractivity contribution in [3.05, 3.63) is 47.5 Å². The average Bonchev–Trinajstić information content (AvgIpc) is 2.46. The van der Waals surface area contributed by atoms with Crippen molar-refractivity contribution in [1.29, 1.82) is 0 Å². The van der Waals surface area contributed by atoms with E-state index in [-0.39, 0.29) is 16.4 Å². The highest BCUT2D eigenvalue weighted by molar-refractivity contribution is 7.90. The molecule has 1 N–H and O–H groups in total. The Labute approximate surface area is 138 Å². The van der Waals surface area contributed by atoms with Gasteiger partial charge in [-0.15, -0.1) is 0 Å². The number of benzene rings is 2. The second-order valence-electron chi connectivity index (χ2n) is 4.62. The quantitative estimate of drug-likeness (QED) is 0.855. The maximum absolute atomic E-state index is 11.4. The summed E-state index contributed by atoms with van der Waals surface area (Å²) < 4.78 is 33.6. The summed E-state index contributed by atoms with van der Waals surface area (Å²) in [5.74, 6) is -0.321. The summed E-state index contributed by atoms with van der Waals surface area (Å²) in [6.45, 7) is -0.523. The highest BCUT2D eigenvalue weighted by atomic mass is 35.5. The van der Waals surface area contributed by atoms with E-state index in [0.717, 1.165) is 6.26 Å². The van der Waals surface area contributed by atoms with Crippen LogP contribution in [0.15, 0.2) is 47.4 Å². The molecule has 0 atom stereocenters. The van der Waals surface area contributed by atoms with Gasteiger partial charge in [-0.1, -0.05) is 11.6 Å². The summed E-state index contributed by atoms with van der Waals surface area (Å²) in [6.07, 6.45) is 1.11. The summed E-state index contributed by atoms with van der Waals surface area (Å²) in [5, 5.41) is 9.05. The minimum atomic E-state index is -3.29. The molecule has 6 nitrogen and oxygen atoms in total. The Balaban J connectivity index is 2.25. The van der Waals surface area contributed by atoms with Crippen LogP contribution < -0.4 is 9.47 Å². The van der Waals surface area contributed by atoms with Gasteiger partial charge in [0.15, 0.2) is 27.9 Å². The zero-order valence-electron chi connectivity index (χ0n) is 12.0. The van der Waals surface area contributed by atoms with Crippen molar-refractivity contribution in [3.8, 4) is 17.2 Å². The van der Waals surface area contributed by atoms with Crippen molar-refractivity contribution in [2.45, 2.75) is 4.90 Å². The number of sulfone groups is 1. The maximum Gasteiger partial charge on any atom is 0.341 e. The van der Waals surface area contributed by atoms with Crippen LogP contribution in [-0.2, 0) is 14.6 Å². The molecular formula is C15H13ClO6S. The number of carbonyl (C=O) groups is 1. The SMILES string of the molecule is CS(=O)(=O)c1ccc(Oc2cc(Cl)ccc2OCC(=O)O)cc1. The summed E-state index contributed by atoms with van der Waals surface area (Å²) in [5.41, 5.74) is 0. The third-order valence-corrected chi connectivity index (χ3v) is 4.10. The molecule has 23 heavy (non-hydrogen) atoms. The Morgan fingerprint density at radius 3 is 2.35 bits per heavy atom. The first-order valence-corrected chi connectivity index (χ1v) is 8.65. The van der Waals surface area contributed by atoms with E-state index in [9.17, 15) is 13.2 Å². The fourth-order valence-corrected chi connectivity index (χ4v) is 2.49. The fraction of sp³-hybridized carbons (Fsp3) is 0.133. The van der Waals surface area contributed by atoms with Crippen LogP contribution in [0.2, 0.25) is 5.02 Å². The van der Waals surface area contributed by atoms with Gasteiger partial charge in [0, 0.05) is 17.3 Å². The van der Waals surface area contributed by atoms with Crippen molar-refractivity contribution < 1.29 is 27.8 Å². The van der Waals surface area contributed by atoms with E-state index in [1.54, 1.807) is 6.07 Å². The molecule has 0 fully saturated rings. The molecule has 0 aliphatic carbocycles. The molecule has 0 aliphatic rings. The monoisotopic (exact) mass is 356 g/mol. The van der Waals surface area contributed by atoms with Crippen LogP contribution >= 0.6 is 11.6 Å². The Kier molecular flexibility index (Phi) is 5.12. The number of halogens is 1. The molecule has 2 aromatic rings. The van der Waals surface area contributed by atoms with Gasteiger partial charge in [-0.3, -0.25) is 0 Å². The summed E-state index contributed by atoms with van der Waals surface area (Å²) in [6, 6.07) is 10.3. The van der Waals surface area contributed by atoms with Gasteiger partial charge < -0.3 is 14.6 Å². The highest BCUT2D eigenvalue weighted by Gasteiger charge is 2.11. The van der Waals surface area contributed by atoms with E-state index in [1.165, 1.54) is 36.4 Å². The minimum absolute atomic E-state index is 0.165. The van der Waals surface area contributed by atoms with Gasteiger partial charge in [0.05, 0.1) is 4.90 Å². The van der Waals surface area contributed by atoms with E-state index in [0.29, 0.717) is 10.8 Å². The Bertz CT molecular complexity index is 814. The molecule has 0 amide bonds. The van der Waals surface area contributed by atoms with Crippen LogP contribution in [0.25, 0.3) is 0 Å². The topological polar surface area (TPSA) is 89.9 Å². The smallest absolute Gasteiger partial charge is 0.341 e. The zero-order chi connectivity index (χ0) is 17.0. The second kappa shape index (κ2) is 6.89. The van der Waals surface area contributed by atoms with Crippen molar-refractivity contribution in [2.75, 3.05) is 12.9 Å². The van der Waals surface area contributed by atoms with Gasteiger partial charge in [-0.2, -0.15) is 0 Å². The lowest BCUT2D eigenvalue weighted by Gasteiger charge is -2.12. The van der Waals surface area contributed by atoms with Crippen molar-refractivity contribution in [2.24, 2.45) is 0 Å². The standard InChI is InChI=1S/C15H13ClO6S/c1-23(19,20)12-5-3-11(4-6-12)22-14-8-10(16)2-7-13(14)21-9-15(17)18/h2-8H,9H2,1H3,(H,17,18). The van der Waals surface area contributed by atoms with Gasteiger partial charge in [0.2, 0.25) is 0 Å². The van der Waals surface area contributed by atoms with Crippen LogP contribution in [0, 0.1) is 0 Å². The second-order valence-corrected chi connectivity index (χ2v) is 7.07. The first-order chi connectivity index (χ1) is 10.8. The zero-order valence-corrected chi connectivity index (χ0v) is 13.6. The lowest BCUT2D eigenvalue weighted by molar-refractivity contribution is -0.139. The highest BCUT2D eigenvalue weighted by Crippen LogP contribution is 2.34. The Hall–Kier alpha value is -2.25. The summed E-state index contributed by atoms with van der Waals surface area (Å²) >= 11 is 5.90. The third-order valence-electron chi connectivity index (χ3n) is 2.74. The molecule has 0 saturated heterocycles. The predicted octanol–water partition coefficient (Wildman–Crippen LogP) is 3.00. The number of carboxylic acid groups (broad SMARTS) is 1. The van der Waals surface area contributed by atoms with E-state index < -0.39 is 22.4 Å². The fourth-order valence-electron chi connectivity index (χ4n) is 1.70. The molecule has 122 valence electrons. The van der Waals surface area contributed by atoms with E-state index in [1.807, 2.05) is 0 Å². The molecular weight excluding hydrogens is 344 g/mol. The molecule has 2 aromatic carbocycles. The molecule has 0 radical (unpaired) electrons. The molecule has 0 spiro atoms. The van der Waals surface area contributed by atoms with E-state index in [4.69, 9.17) is 26.2 Å². The van der Waals surface area contributed by atoms with Crippen LogP contribution in [0.3, 0.4) is 0 Å². The lowest BCUT2D eigenvalue weighted by atomic mass is 10.3. The number of aliphatic carboxylic acids is 1. The molecule has 8 heteroatoms.